The molecule has 0 saturated carbocycles. The minimum atomic E-state index is -3.76. The standard InChI is InChI=1S/C14H14ClN7O2S/c1-7-11(15)8(2)22-14(18-7)12(13(16)21-22)20-19-9-3-5-10(6-4-9)25(17,23)24/h3-6H,1-2H3,(H2,16,21)(H2,17,23,24). The number of nitrogens with zero attached hydrogens (tertiary/aromatic N) is 5. The van der Waals surface area contributed by atoms with Crippen LogP contribution in [0.4, 0.5) is 17.2 Å². The summed E-state index contributed by atoms with van der Waals surface area (Å²) in [5.74, 6) is 0.155. The Kier molecular flexibility index (Phi) is 4.19. The first kappa shape index (κ1) is 17.3. The fraction of sp³-hybridized carbons (Fsp3) is 0.143. The summed E-state index contributed by atoms with van der Waals surface area (Å²) in [5, 5.41) is 17.9. The van der Waals surface area contributed by atoms with Gasteiger partial charge in [-0.2, -0.15) is 5.11 Å². The highest BCUT2D eigenvalue weighted by Gasteiger charge is 2.16. The molecule has 0 aliphatic rings. The van der Waals surface area contributed by atoms with Gasteiger partial charge in [0.1, 0.15) is 0 Å². The van der Waals surface area contributed by atoms with Crippen LogP contribution < -0.4 is 10.9 Å². The predicted octanol–water partition coefficient (Wildman–Crippen LogP) is 2.64. The summed E-state index contributed by atoms with van der Waals surface area (Å²) < 4.78 is 24.0. The van der Waals surface area contributed by atoms with Gasteiger partial charge in [-0.25, -0.2) is 23.1 Å². The molecule has 0 radical (unpaired) electrons. The number of hydrogen-bond acceptors (Lipinski definition) is 7. The second kappa shape index (κ2) is 6.06. The zero-order valence-corrected chi connectivity index (χ0v) is 14.9. The Labute approximate surface area is 148 Å². The van der Waals surface area contributed by atoms with Gasteiger partial charge in [0.25, 0.3) is 0 Å². The van der Waals surface area contributed by atoms with Gasteiger partial charge in [-0.3, -0.25) is 0 Å². The normalized spacial score (nSPS) is 12.3. The van der Waals surface area contributed by atoms with E-state index in [4.69, 9.17) is 22.5 Å². The second-order valence-electron chi connectivity index (χ2n) is 5.30. The Morgan fingerprint density at radius 3 is 2.40 bits per heavy atom. The molecule has 2 aromatic heterocycles. The molecule has 11 heteroatoms. The summed E-state index contributed by atoms with van der Waals surface area (Å²) in [5.41, 5.74) is 8.38. The second-order valence-corrected chi connectivity index (χ2v) is 7.24. The number of nitrogen functional groups attached to an aromatic ring is 1. The van der Waals surface area contributed by atoms with E-state index in [9.17, 15) is 8.42 Å². The minimum Gasteiger partial charge on any atom is -0.380 e. The molecule has 0 aliphatic heterocycles. The molecule has 0 atom stereocenters. The lowest BCUT2D eigenvalue weighted by molar-refractivity contribution is 0.598. The van der Waals surface area contributed by atoms with Crippen LogP contribution in [-0.2, 0) is 10.0 Å². The molecule has 0 spiro atoms. The number of aryl methyl sites for hydroxylation is 2. The molecular weight excluding hydrogens is 366 g/mol. The number of aromatic nitrogens is 3. The lowest BCUT2D eigenvalue weighted by Gasteiger charge is -2.04. The number of benzene rings is 1. The molecule has 1 aromatic carbocycles. The smallest absolute Gasteiger partial charge is 0.238 e. The molecule has 0 unspecified atom stereocenters. The summed E-state index contributed by atoms with van der Waals surface area (Å²) in [6, 6.07) is 5.64. The number of halogens is 1. The van der Waals surface area contributed by atoms with Crippen molar-refractivity contribution in [2.24, 2.45) is 15.4 Å². The van der Waals surface area contributed by atoms with Crippen LogP contribution in [0.2, 0.25) is 5.02 Å². The number of anilines is 1. The Morgan fingerprint density at radius 2 is 1.80 bits per heavy atom. The highest BCUT2D eigenvalue weighted by atomic mass is 35.5. The summed E-state index contributed by atoms with van der Waals surface area (Å²) in [7, 11) is -3.76. The van der Waals surface area contributed by atoms with Gasteiger partial charge in [0.2, 0.25) is 10.0 Å². The van der Waals surface area contributed by atoms with E-state index in [1.54, 1.807) is 13.8 Å². The van der Waals surface area contributed by atoms with Gasteiger partial charge >= 0.3 is 0 Å². The van der Waals surface area contributed by atoms with Gasteiger partial charge in [-0.15, -0.1) is 10.2 Å². The number of fused-ring (bicyclic) bond motifs is 1. The van der Waals surface area contributed by atoms with Crippen LogP contribution in [0.15, 0.2) is 39.4 Å². The molecule has 9 nitrogen and oxygen atoms in total. The van der Waals surface area contributed by atoms with Crippen molar-refractivity contribution < 1.29 is 8.42 Å². The number of nitrogens with two attached hydrogens (primary N) is 2. The Balaban J connectivity index is 2.03. The largest absolute Gasteiger partial charge is 0.380 e. The fourth-order valence-electron chi connectivity index (χ4n) is 2.22. The molecule has 3 aromatic rings. The number of primary sulfonamides is 1. The van der Waals surface area contributed by atoms with Gasteiger partial charge in [0.05, 0.1) is 27.0 Å². The third-order valence-corrected chi connectivity index (χ3v) is 5.00. The molecule has 0 aliphatic carbocycles. The maximum absolute atomic E-state index is 11.2. The first-order valence-corrected chi connectivity index (χ1v) is 8.96. The zero-order chi connectivity index (χ0) is 18.4. The average molecular weight is 380 g/mol. The minimum absolute atomic E-state index is 0.00972. The van der Waals surface area contributed by atoms with Crippen molar-refractivity contribution in [1.29, 1.82) is 0 Å². The summed E-state index contributed by atoms with van der Waals surface area (Å²) >= 11 is 6.17. The van der Waals surface area contributed by atoms with Crippen molar-refractivity contribution >= 4 is 44.5 Å². The summed E-state index contributed by atoms with van der Waals surface area (Å²) in [6.07, 6.45) is 0. The number of hydrogen-bond donors (Lipinski definition) is 2. The van der Waals surface area contributed by atoms with E-state index < -0.39 is 10.0 Å². The number of azo groups is 1. The molecule has 3 rings (SSSR count). The number of rotatable bonds is 3. The fourth-order valence-corrected chi connectivity index (χ4v) is 2.86. The molecule has 25 heavy (non-hydrogen) atoms. The monoisotopic (exact) mass is 379 g/mol. The van der Waals surface area contributed by atoms with E-state index in [1.807, 2.05) is 0 Å². The van der Waals surface area contributed by atoms with Crippen molar-refractivity contribution in [3.8, 4) is 0 Å². The van der Waals surface area contributed by atoms with Gasteiger partial charge in [0.15, 0.2) is 17.2 Å². The molecule has 0 amide bonds. The van der Waals surface area contributed by atoms with Gasteiger partial charge in [0, 0.05) is 0 Å². The van der Waals surface area contributed by atoms with E-state index >= 15 is 0 Å². The first-order chi connectivity index (χ1) is 11.7. The van der Waals surface area contributed by atoms with E-state index in [0.717, 1.165) is 0 Å². The van der Waals surface area contributed by atoms with Crippen LogP contribution in [-0.4, -0.2) is 23.0 Å². The summed E-state index contributed by atoms with van der Waals surface area (Å²) in [4.78, 5) is 4.34. The molecule has 0 saturated heterocycles. The average Bonchev–Trinajstić information content (AvgIpc) is 2.86. The van der Waals surface area contributed by atoms with Gasteiger partial charge in [-0.1, -0.05) is 11.6 Å². The van der Waals surface area contributed by atoms with Gasteiger partial charge < -0.3 is 5.73 Å². The Morgan fingerprint density at radius 1 is 1.16 bits per heavy atom. The molecular formula is C14H14ClN7O2S. The van der Waals surface area contributed by atoms with Crippen molar-refractivity contribution in [1.82, 2.24) is 14.6 Å². The van der Waals surface area contributed by atoms with E-state index in [-0.39, 0.29) is 10.7 Å². The zero-order valence-electron chi connectivity index (χ0n) is 13.3. The quantitative estimate of drug-likeness (QED) is 0.672. The maximum Gasteiger partial charge on any atom is 0.238 e. The van der Waals surface area contributed by atoms with Crippen molar-refractivity contribution in [3.63, 3.8) is 0 Å². The maximum atomic E-state index is 11.2. The predicted molar refractivity (Wildman–Crippen MR) is 93.9 cm³/mol. The highest BCUT2D eigenvalue weighted by Crippen LogP contribution is 2.31. The number of sulfonamides is 1. The third kappa shape index (κ3) is 3.18. The molecule has 130 valence electrons. The Bertz CT molecular complexity index is 1100. The van der Waals surface area contributed by atoms with Crippen molar-refractivity contribution in [2.45, 2.75) is 18.7 Å². The lowest BCUT2D eigenvalue weighted by atomic mass is 10.3. The van der Waals surface area contributed by atoms with Crippen LogP contribution in [0.3, 0.4) is 0 Å². The third-order valence-electron chi connectivity index (χ3n) is 3.52. The highest BCUT2D eigenvalue weighted by molar-refractivity contribution is 7.89. The van der Waals surface area contributed by atoms with Crippen LogP contribution >= 0.6 is 11.6 Å². The lowest BCUT2D eigenvalue weighted by Crippen LogP contribution is -2.11. The topological polar surface area (TPSA) is 141 Å². The molecule has 4 N–H and O–H groups in total. The first-order valence-electron chi connectivity index (χ1n) is 7.04. The molecule has 2 heterocycles. The van der Waals surface area contributed by atoms with Crippen LogP contribution in [0.1, 0.15) is 11.4 Å². The van der Waals surface area contributed by atoms with Gasteiger partial charge in [-0.05, 0) is 38.1 Å². The van der Waals surface area contributed by atoms with Crippen molar-refractivity contribution in [2.75, 3.05) is 5.73 Å². The van der Waals surface area contributed by atoms with Crippen LogP contribution in [0.25, 0.3) is 5.65 Å². The summed E-state index contributed by atoms with van der Waals surface area (Å²) in [6.45, 7) is 3.56. The van der Waals surface area contributed by atoms with Crippen molar-refractivity contribution in [3.05, 3.63) is 40.7 Å². The molecule has 0 fully saturated rings. The Hall–Kier alpha value is -2.56. The SMILES string of the molecule is Cc1nc2c(N=Nc3ccc(S(N)(=O)=O)cc3)c(N)nn2c(C)c1Cl. The van der Waals surface area contributed by atoms with E-state index in [1.165, 1.54) is 28.8 Å². The van der Waals surface area contributed by atoms with Crippen LogP contribution in [0.5, 0.6) is 0 Å². The van der Waals surface area contributed by atoms with E-state index in [0.29, 0.717) is 33.4 Å². The van der Waals surface area contributed by atoms with Crippen LogP contribution in [0, 0.1) is 13.8 Å². The van der Waals surface area contributed by atoms with E-state index in [2.05, 4.69) is 20.3 Å². The molecule has 0 bridgehead atoms.